The van der Waals surface area contributed by atoms with Gasteiger partial charge in [-0.15, -0.1) is 0 Å². The minimum absolute atomic E-state index is 0. The van der Waals surface area contributed by atoms with Crippen LogP contribution in [0.3, 0.4) is 0 Å². The van der Waals surface area contributed by atoms with Gasteiger partial charge in [0.05, 0.1) is 22.1 Å². The number of hydrogen-bond acceptors (Lipinski definition) is 10. The largest absolute Gasteiger partial charge is 0.391 e. The summed E-state index contributed by atoms with van der Waals surface area (Å²) < 4.78 is 5.28. The van der Waals surface area contributed by atoms with Gasteiger partial charge in [-0.1, -0.05) is 47.8 Å². The fourth-order valence-electron chi connectivity index (χ4n) is 3.85. The predicted octanol–water partition coefficient (Wildman–Crippen LogP) is 2.51. The Labute approximate surface area is 263 Å². The molecule has 2 heterocycles. The van der Waals surface area contributed by atoms with Gasteiger partial charge in [0.15, 0.2) is 10.3 Å². The Kier molecular flexibility index (Phi) is 12.1. The van der Waals surface area contributed by atoms with E-state index in [1.54, 1.807) is 32.9 Å². The van der Waals surface area contributed by atoms with E-state index in [2.05, 4.69) is 30.6 Å². The third-order valence-corrected chi connectivity index (χ3v) is 7.95. The number of H-pyrrole nitrogens is 2. The molecule has 12 nitrogen and oxygen atoms in total. The smallest absolute Gasteiger partial charge is 0.329 e. The molecule has 15 heteroatoms. The number of carbonyl (C=O) groups is 4. The maximum absolute atomic E-state index is 13.4. The molecular weight excluding hydrogens is 632 g/mol. The first-order chi connectivity index (χ1) is 19.6. The van der Waals surface area contributed by atoms with Crippen molar-refractivity contribution in [3.63, 3.8) is 0 Å². The first kappa shape index (κ1) is 33.2. The van der Waals surface area contributed by atoms with Crippen LogP contribution in [0.2, 0.25) is 0 Å². The summed E-state index contributed by atoms with van der Waals surface area (Å²) in [6, 6.07) is 13.0. The number of amides is 2. The molecule has 0 aliphatic rings. The van der Waals surface area contributed by atoms with E-state index in [1.165, 1.54) is 0 Å². The summed E-state index contributed by atoms with van der Waals surface area (Å²) in [5.41, 5.74) is 9.03. The number of imidazole rings is 2. The molecule has 218 valence electrons. The number of para-hydroxylation sites is 4. The third kappa shape index (κ3) is 8.63. The van der Waals surface area contributed by atoms with Crippen LogP contribution < -0.4 is 16.4 Å². The maximum atomic E-state index is 13.4. The van der Waals surface area contributed by atoms with Gasteiger partial charge in [0.25, 0.3) is 0 Å². The van der Waals surface area contributed by atoms with Crippen LogP contribution in [0.15, 0.2) is 58.8 Å². The van der Waals surface area contributed by atoms with Crippen molar-refractivity contribution in [1.82, 2.24) is 30.6 Å². The van der Waals surface area contributed by atoms with Crippen molar-refractivity contribution >= 4 is 69.3 Å². The van der Waals surface area contributed by atoms with Crippen LogP contribution in [0.5, 0.6) is 0 Å². The normalized spacial score (nSPS) is 13.3. The third-order valence-electron chi connectivity index (χ3n) is 5.73. The molecule has 0 radical (unpaired) electrons. The maximum Gasteiger partial charge on any atom is 0.329 e. The van der Waals surface area contributed by atoms with Crippen molar-refractivity contribution in [2.75, 3.05) is 6.54 Å². The van der Waals surface area contributed by atoms with Crippen molar-refractivity contribution in [3.05, 3.63) is 48.5 Å². The van der Waals surface area contributed by atoms with E-state index in [0.717, 1.165) is 34.6 Å². The van der Waals surface area contributed by atoms with Gasteiger partial charge in [-0.3, -0.25) is 19.2 Å². The van der Waals surface area contributed by atoms with Crippen LogP contribution >= 0.6 is 23.5 Å². The van der Waals surface area contributed by atoms with Crippen LogP contribution in [0.4, 0.5) is 0 Å². The molecule has 2 amide bonds. The molecule has 42 heavy (non-hydrogen) atoms. The van der Waals surface area contributed by atoms with Crippen LogP contribution in [0, 0.1) is 0 Å². The molecular formula is C27H31N7O5S2Zn. The Morgan fingerprint density at radius 3 is 1.98 bits per heavy atom. The zero-order chi connectivity index (χ0) is 29.5. The zero-order valence-electron chi connectivity index (χ0n) is 23.4. The van der Waals surface area contributed by atoms with Crippen LogP contribution in [0.25, 0.3) is 22.1 Å². The Balaban J connectivity index is 0.00000484. The summed E-state index contributed by atoms with van der Waals surface area (Å²) in [4.78, 5) is 67.0. The molecule has 0 aliphatic heterocycles. The van der Waals surface area contributed by atoms with Crippen molar-refractivity contribution in [2.45, 2.75) is 60.1 Å². The number of nitrogens with zero attached hydrogens (tertiary/aromatic N) is 2. The summed E-state index contributed by atoms with van der Waals surface area (Å²) in [5.74, 6) is -2.98. The first-order valence-electron chi connectivity index (χ1n) is 13.0. The first-order valence-corrected chi connectivity index (χ1v) is 14.7. The number of nitrogens with one attached hydrogen (secondary N) is 4. The molecule has 2 aromatic heterocycles. The number of esters is 2. The van der Waals surface area contributed by atoms with Crippen LogP contribution in [0.1, 0.15) is 27.2 Å². The number of benzene rings is 2. The summed E-state index contributed by atoms with van der Waals surface area (Å²) >= 11 is 1.86. The van der Waals surface area contributed by atoms with E-state index in [-0.39, 0.29) is 31.9 Å². The van der Waals surface area contributed by atoms with Crippen molar-refractivity contribution in [3.8, 4) is 0 Å². The average Bonchev–Trinajstić information content (AvgIpc) is 3.53. The number of hydrogen-bond donors (Lipinski definition) is 5. The van der Waals surface area contributed by atoms with E-state index in [4.69, 9.17) is 10.5 Å². The molecule has 0 saturated carbocycles. The molecule has 0 aliphatic carbocycles. The summed E-state index contributed by atoms with van der Waals surface area (Å²) in [6.45, 7) is 5.64. The number of aromatic amines is 2. The summed E-state index contributed by atoms with van der Waals surface area (Å²) in [5, 5.41) is 3.61. The average molecular weight is 663 g/mol. The quantitative estimate of drug-likeness (QED) is 0.0653. The Hall–Kier alpha value is -3.26. The minimum Gasteiger partial charge on any atom is -0.391 e. The van der Waals surface area contributed by atoms with Crippen molar-refractivity contribution < 1.29 is 43.4 Å². The van der Waals surface area contributed by atoms with Gasteiger partial charge >= 0.3 is 11.9 Å². The molecule has 0 fully saturated rings. The van der Waals surface area contributed by atoms with Gasteiger partial charge in [-0.25, -0.2) is 9.97 Å². The second kappa shape index (κ2) is 15.3. The number of carbonyl (C=O) groups excluding carboxylic acids is 4. The van der Waals surface area contributed by atoms with E-state index in [9.17, 15) is 19.2 Å². The molecule has 3 atom stereocenters. The van der Waals surface area contributed by atoms with Crippen LogP contribution in [-0.2, 0) is 43.4 Å². The SMILES string of the molecule is CCNC(=O)CC(Sc1nc2ccccc2[nH]1)C(=O)OC(=O)C(Sc1nc2ccccc2[nH]1)C(N)C(=O)NC(C)C.[Zn]. The van der Waals surface area contributed by atoms with Gasteiger partial charge in [0.1, 0.15) is 16.5 Å². The van der Waals surface area contributed by atoms with Gasteiger partial charge < -0.3 is 31.1 Å². The Morgan fingerprint density at radius 1 is 0.905 bits per heavy atom. The minimum atomic E-state index is -1.36. The van der Waals surface area contributed by atoms with Gasteiger partial charge in [-0.05, 0) is 45.0 Å². The molecule has 4 aromatic rings. The standard InChI is InChI=1S/C27H31N7O5S2.Zn/c1-4-29-20(35)13-19(40-26-31-15-9-5-6-10-16(15)32-26)24(37)39-25(38)22(21(28)23(36)30-14(2)3)41-27-33-17-11-7-8-12-18(17)34-27;/h5-12,14,19,21-22H,4,13,28H2,1-3H3,(H,29,35)(H,30,36)(H,31,32)(H,33,34);. The van der Waals surface area contributed by atoms with E-state index in [1.807, 2.05) is 36.4 Å². The molecule has 6 N–H and O–H groups in total. The van der Waals surface area contributed by atoms with Crippen molar-refractivity contribution in [1.29, 1.82) is 0 Å². The fraction of sp³-hybridized carbons (Fsp3) is 0.333. The topological polar surface area (TPSA) is 185 Å². The second-order valence-electron chi connectivity index (χ2n) is 9.35. The Bertz CT molecular complexity index is 1490. The molecule has 0 spiro atoms. The molecule has 4 rings (SSSR count). The number of nitrogens with two attached hydrogens (primary N) is 1. The summed E-state index contributed by atoms with van der Waals surface area (Å²) in [6.07, 6.45) is -0.261. The molecule has 0 bridgehead atoms. The second-order valence-corrected chi connectivity index (χ2v) is 11.7. The molecule has 0 saturated heterocycles. The van der Waals surface area contributed by atoms with Crippen LogP contribution in [-0.4, -0.2) is 72.8 Å². The fourth-order valence-corrected chi connectivity index (χ4v) is 5.79. The number of ether oxygens (including phenoxy) is 1. The summed E-state index contributed by atoms with van der Waals surface area (Å²) in [7, 11) is 0. The monoisotopic (exact) mass is 661 g/mol. The van der Waals surface area contributed by atoms with E-state index in [0.29, 0.717) is 27.9 Å². The number of fused-ring (bicyclic) bond motifs is 2. The van der Waals surface area contributed by atoms with Gasteiger partial charge in [0.2, 0.25) is 11.8 Å². The van der Waals surface area contributed by atoms with Gasteiger partial charge in [0, 0.05) is 38.5 Å². The Morgan fingerprint density at radius 2 is 1.45 bits per heavy atom. The predicted molar refractivity (Wildman–Crippen MR) is 157 cm³/mol. The zero-order valence-corrected chi connectivity index (χ0v) is 28.0. The van der Waals surface area contributed by atoms with Crippen molar-refractivity contribution in [2.24, 2.45) is 5.73 Å². The van der Waals surface area contributed by atoms with E-state index < -0.39 is 40.3 Å². The molecule has 3 unspecified atom stereocenters. The van der Waals surface area contributed by atoms with E-state index >= 15 is 0 Å². The number of rotatable bonds is 12. The van der Waals surface area contributed by atoms with Gasteiger partial charge in [-0.2, -0.15) is 0 Å². The number of thioether (sulfide) groups is 2. The number of aromatic nitrogens is 4. The molecule has 2 aromatic carbocycles.